The molecule has 1 aromatic carbocycles. The summed E-state index contributed by atoms with van der Waals surface area (Å²) >= 11 is 0. The molecule has 1 amide bonds. The highest BCUT2D eigenvalue weighted by Crippen LogP contribution is 2.42. The van der Waals surface area contributed by atoms with Gasteiger partial charge in [0.2, 0.25) is 5.91 Å². The zero-order valence-corrected chi connectivity index (χ0v) is 23.2. The summed E-state index contributed by atoms with van der Waals surface area (Å²) in [5, 5.41) is 0. The van der Waals surface area contributed by atoms with Crippen LogP contribution in [0, 0.1) is 5.41 Å². The average Bonchev–Trinajstić information content (AvgIpc) is 3.68. The fraction of sp³-hybridized carbons (Fsp3) is 0.581. The Morgan fingerprint density at radius 1 is 0.795 bits per heavy atom. The van der Waals surface area contributed by atoms with E-state index >= 15 is 0 Å². The van der Waals surface area contributed by atoms with Crippen LogP contribution in [0.15, 0.2) is 49.1 Å². The molecule has 4 heterocycles. The third kappa shape index (κ3) is 6.28. The largest absolute Gasteiger partial charge is 0.348 e. The molecule has 3 aliphatic rings. The number of carbonyl (C=O) groups excluding carboxylic acids is 1. The number of H-pyrrole nitrogens is 2. The molecule has 2 aliphatic heterocycles. The van der Waals surface area contributed by atoms with Crippen LogP contribution in [0.1, 0.15) is 80.6 Å². The van der Waals surface area contributed by atoms with Gasteiger partial charge in [0.15, 0.2) is 0 Å². The minimum Gasteiger partial charge on any atom is -0.348 e. The van der Waals surface area contributed by atoms with Crippen LogP contribution in [0.5, 0.6) is 0 Å². The van der Waals surface area contributed by atoms with Gasteiger partial charge in [0.25, 0.3) is 0 Å². The lowest BCUT2D eigenvalue weighted by molar-refractivity contribution is -0.151. The Labute approximate surface area is 232 Å². The molecule has 8 nitrogen and oxygen atoms in total. The summed E-state index contributed by atoms with van der Waals surface area (Å²) < 4.78 is 0. The molecule has 39 heavy (non-hydrogen) atoms. The van der Waals surface area contributed by atoms with Crippen LogP contribution in [-0.2, 0) is 31.0 Å². The molecule has 0 bridgehead atoms. The SMILES string of the molecule is O=C1N(Cc2ccc(CN(Cc3ncc[nH]3)Cc3ncc[nH]3)cc2)CCCC12CCN(C1CCCCC1)CC2. The monoisotopic (exact) mass is 529 g/mol. The van der Waals surface area contributed by atoms with Gasteiger partial charge in [-0.05, 0) is 62.7 Å². The van der Waals surface area contributed by atoms with E-state index in [1.54, 1.807) is 12.4 Å². The normalized spacial score (nSPS) is 20.7. The summed E-state index contributed by atoms with van der Waals surface area (Å²) in [5.41, 5.74) is 2.34. The van der Waals surface area contributed by atoms with Gasteiger partial charge in [-0.3, -0.25) is 9.69 Å². The fourth-order valence-electron chi connectivity index (χ4n) is 7.12. The van der Waals surface area contributed by atoms with Gasteiger partial charge < -0.3 is 19.8 Å². The number of imidazole rings is 2. The molecule has 0 radical (unpaired) electrons. The van der Waals surface area contributed by atoms with Crippen LogP contribution in [0.4, 0.5) is 0 Å². The van der Waals surface area contributed by atoms with Crippen LogP contribution in [0.3, 0.4) is 0 Å². The van der Waals surface area contributed by atoms with Gasteiger partial charge in [-0.15, -0.1) is 0 Å². The first-order valence-electron chi connectivity index (χ1n) is 15.0. The number of amides is 1. The molecular formula is C31H43N7O. The van der Waals surface area contributed by atoms with Crippen molar-refractivity contribution in [3.05, 3.63) is 71.8 Å². The standard InChI is InChI=1S/C31H43N7O/c39-30-31(12-19-37(20-13-31)27-5-2-1-3-6-27)11-4-18-38(30)22-26-9-7-25(8-10-26)21-36(23-28-32-14-15-33-28)24-29-34-16-17-35-29/h7-10,14-17,27H,1-6,11-13,18-24H2,(H,32,33)(H,34,35). The number of aromatic nitrogens is 4. The third-order valence-corrected chi connectivity index (χ3v) is 9.33. The molecule has 1 aliphatic carbocycles. The van der Waals surface area contributed by atoms with Crippen molar-refractivity contribution in [2.24, 2.45) is 5.41 Å². The second-order valence-electron chi connectivity index (χ2n) is 12.0. The molecule has 2 aromatic heterocycles. The molecule has 0 atom stereocenters. The Bertz CT molecular complexity index is 1120. The Balaban J connectivity index is 1.05. The molecule has 2 N–H and O–H groups in total. The maximum atomic E-state index is 13.8. The maximum Gasteiger partial charge on any atom is 0.229 e. The van der Waals surface area contributed by atoms with Crippen molar-refractivity contribution in [1.29, 1.82) is 0 Å². The minimum absolute atomic E-state index is 0.123. The molecule has 1 spiro atoms. The lowest BCUT2D eigenvalue weighted by Gasteiger charge is -2.48. The fourth-order valence-corrected chi connectivity index (χ4v) is 7.12. The van der Waals surface area contributed by atoms with E-state index in [9.17, 15) is 4.79 Å². The number of benzene rings is 1. The molecule has 1 saturated carbocycles. The zero-order valence-electron chi connectivity index (χ0n) is 23.2. The van der Waals surface area contributed by atoms with Gasteiger partial charge in [0.1, 0.15) is 11.6 Å². The first kappa shape index (κ1) is 26.3. The van der Waals surface area contributed by atoms with Crippen molar-refractivity contribution in [2.45, 2.75) is 90.0 Å². The van der Waals surface area contributed by atoms with E-state index in [1.807, 2.05) is 12.4 Å². The van der Waals surface area contributed by atoms with Crippen molar-refractivity contribution in [3.63, 3.8) is 0 Å². The van der Waals surface area contributed by atoms with Gasteiger partial charge in [0.05, 0.1) is 18.5 Å². The van der Waals surface area contributed by atoms with Crippen molar-refractivity contribution in [2.75, 3.05) is 19.6 Å². The molecule has 3 aromatic rings. The van der Waals surface area contributed by atoms with Gasteiger partial charge in [-0.2, -0.15) is 0 Å². The Morgan fingerprint density at radius 3 is 2.05 bits per heavy atom. The van der Waals surface area contributed by atoms with Gasteiger partial charge in [-0.1, -0.05) is 43.5 Å². The van der Waals surface area contributed by atoms with Crippen LogP contribution in [-0.4, -0.2) is 66.2 Å². The number of hydrogen-bond donors (Lipinski definition) is 2. The lowest BCUT2D eigenvalue weighted by atomic mass is 9.71. The number of nitrogens with zero attached hydrogens (tertiary/aromatic N) is 5. The lowest BCUT2D eigenvalue weighted by Crippen LogP contribution is -2.54. The summed E-state index contributed by atoms with van der Waals surface area (Å²) in [5.74, 6) is 2.30. The average molecular weight is 530 g/mol. The second-order valence-corrected chi connectivity index (χ2v) is 12.0. The quantitative estimate of drug-likeness (QED) is 0.413. The van der Waals surface area contributed by atoms with Gasteiger partial charge in [0, 0.05) is 50.5 Å². The van der Waals surface area contributed by atoms with Crippen molar-refractivity contribution >= 4 is 5.91 Å². The van der Waals surface area contributed by atoms with E-state index in [0.717, 1.165) is 89.2 Å². The van der Waals surface area contributed by atoms with Crippen molar-refractivity contribution < 1.29 is 4.79 Å². The number of rotatable bonds is 9. The summed E-state index contributed by atoms with van der Waals surface area (Å²) in [7, 11) is 0. The van der Waals surface area contributed by atoms with E-state index in [-0.39, 0.29) is 5.41 Å². The van der Waals surface area contributed by atoms with Crippen LogP contribution in [0.2, 0.25) is 0 Å². The predicted molar refractivity (Wildman–Crippen MR) is 151 cm³/mol. The maximum absolute atomic E-state index is 13.8. The molecular weight excluding hydrogens is 486 g/mol. The highest BCUT2D eigenvalue weighted by Gasteiger charge is 2.46. The number of likely N-dealkylation sites (tertiary alicyclic amines) is 2. The van der Waals surface area contributed by atoms with E-state index in [1.165, 1.54) is 43.2 Å². The number of hydrogen-bond acceptors (Lipinski definition) is 5. The van der Waals surface area contributed by atoms with Gasteiger partial charge >= 0.3 is 0 Å². The highest BCUT2D eigenvalue weighted by molar-refractivity contribution is 5.83. The van der Waals surface area contributed by atoms with Crippen molar-refractivity contribution in [1.82, 2.24) is 34.6 Å². The first-order chi connectivity index (χ1) is 19.2. The topological polar surface area (TPSA) is 84.1 Å². The summed E-state index contributed by atoms with van der Waals surface area (Å²) in [6.07, 6.45) is 18.5. The predicted octanol–water partition coefficient (Wildman–Crippen LogP) is 4.87. The summed E-state index contributed by atoms with van der Waals surface area (Å²) in [4.78, 5) is 36.2. The van der Waals surface area contributed by atoms with E-state index in [2.05, 4.69) is 58.9 Å². The minimum atomic E-state index is -0.123. The molecule has 8 heteroatoms. The smallest absolute Gasteiger partial charge is 0.229 e. The molecule has 6 rings (SSSR count). The number of nitrogens with one attached hydrogen (secondary N) is 2. The van der Waals surface area contributed by atoms with Crippen LogP contribution in [0.25, 0.3) is 0 Å². The molecule has 208 valence electrons. The Kier molecular flexibility index (Phi) is 8.11. The molecule has 0 unspecified atom stereocenters. The van der Waals surface area contributed by atoms with Crippen LogP contribution >= 0.6 is 0 Å². The highest BCUT2D eigenvalue weighted by atomic mass is 16.2. The molecule has 2 saturated heterocycles. The first-order valence-corrected chi connectivity index (χ1v) is 15.0. The number of carbonyl (C=O) groups is 1. The Hall–Kier alpha value is -2.97. The van der Waals surface area contributed by atoms with E-state index < -0.39 is 0 Å². The van der Waals surface area contributed by atoms with E-state index in [4.69, 9.17) is 0 Å². The van der Waals surface area contributed by atoms with Crippen molar-refractivity contribution in [3.8, 4) is 0 Å². The second kappa shape index (κ2) is 12.0. The summed E-state index contributed by atoms with van der Waals surface area (Å²) in [6.45, 7) is 6.04. The van der Waals surface area contributed by atoms with Gasteiger partial charge in [-0.25, -0.2) is 9.97 Å². The van der Waals surface area contributed by atoms with E-state index in [0.29, 0.717) is 5.91 Å². The zero-order chi connectivity index (χ0) is 26.5. The molecule has 3 fully saturated rings. The summed E-state index contributed by atoms with van der Waals surface area (Å²) in [6, 6.07) is 9.58. The Morgan fingerprint density at radius 2 is 1.44 bits per heavy atom. The number of piperidine rings is 2. The third-order valence-electron chi connectivity index (χ3n) is 9.33. The number of aromatic amines is 2. The van der Waals surface area contributed by atoms with Crippen LogP contribution < -0.4 is 0 Å².